The van der Waals surface area contributed by atoms with Crippen molar-refractivity contribution in [3.05, 3.63) is 58.9 Å². The molecule has 7 nitrogen and oxygen atoms in total. The third-order valence-electron chi connectivity index (χ3n) is 8.68. The van der Waals surface area contributed by atoms with Crippen LogP contribution in [0.25, 0.3) is 0 Å². The fourth-order valence-corrected chi connectivity index (χ4v) is 7.19. The van der Waals surface area contributed by atoms with Gasteiger partial charge >= 0.3 is 0 Å². The van der Waals surface area contributed by atoms with Crippen molar-refractivity contribution >= 4 is 5.78 Å². The van der Waals surface area contributed by atoms with Crippen molar-refractivity contribution in [3.63, 3.8) is 0 Å². The highest BCUT2D eigenvalue weighted by molar-refractivity contribution is 6.09. The van der Waals surface area contributed by atoms with Crippen molar-refractivity contribution in [1.29, 1.82) is 0 Å². The quantitative estimate of drug-likeness (QED) is 0.479. The number of likely N-dealkylation sites (tertiary alicyclic amines) is 1. The van der Waals surface area contributed by atoms with Gasteiger partial charge in [-0.15, -0.1) is 0 Å². The Balaban J connectivity index is 1.51. The number of rotatable bonds is 6. The maximum atomic E-state index is 14.2. The minimum Gasteiger partial charge on any atom is -0.493 e. The topological polar surface area (TPSA) is 88.5 Å². The Morgan fingerprint density at radius 1 is 1.20 bits per heavy atom. The van der Waals surface area contributed by atoms with Gasteiger partial charge in [0.2, 0.25) is 5.78 Å². The van der Waals surface area contributed by atoms with Gasteiger partial charge in [-0.05, 0) is 58.0 Å². The first kappa shape index (κ1) is 22.8. The summed E-state index contributed by atoms with van der Waals surface area (Å²) in [7, 11) is 2.15. The third-order valence-corrected chi connectivity index (χ3v) is 8.68. The number of Topliss-reactive ketones (excluding diaryl/α,β-unsaturated/α-hetero) is 1. The highest BCUT2D eigenvalue weighted by Crippen LogP contribution is 2.66. The summed E-state index contributed by atoms with van der Waals surface area (Å²) in [6, 6.07) is 5.54. The molecule has 7 heteroatoms. The van der Waals surface area contributed by atoms with Crippen molar-refractivity contribution < 1.29 is 29.2 Å². The van der Waals surface area contributed by atoms with Gasteiger partial charge in [-0.1, -0.05) is 24.3 Å². The SMILES string of the molecule is CCOc1cccc(OCC)c1C(=O)C1(O)CC=C2C[C@@H]3[C@@H]4C=C[C@H](O)[C@@H]5OC1=C2[C@]45CCN3C. The molecule has 186 valence electrons. The number of carbonyl (C=O) groups is 1. The maximum Gasteiger partial charge on any atom is 0.209 e. The highest BCUT2D eigenvalue weighted by atomic mass is 16.5. The molecule has 35 heavy (non-hydrogen) atoms. The normalized spacial score (nSPS) is 36.9. The van der Waals surface area contributed by atoms with E-state index in [0.717, 1.165) is 30.5 Å². The van der Waals surface area contributed by atoms with Crippen molar-refractivity contribution in [2.45, 2.75) is 57.0 Å². The van der Waals surface area contributed by atoms with E-state index >= 15 is 0 Å². The standard InChI is InChI=1S/C28H33NO6/c1-4-33-20-7-6-8-21(34-5-2)22(20)24(31)28(32)12-11-16-15-18-17-9-10-19(30)25-27(17,13-14-29(18)3)23(16)26(28)35-25/h6-11,17-19,25,30,32H,4-5,12-15H2,1-3H3/t17-,18+,19-,25-,27-,28?/m0/s1. The van der Waals surface area contributed by atoms with E-state index in [-0.39, 0.29) is 17.9 Å². The fourth-order valence-electron chi connectivity index (χ4n) is 7.19. The Hall–Kier alpha value is -2.61. The molecule has 2 bridgehead atoms. The number of aliphatic hydroxyl groups is 2. The molecule has 1 unspecified atom stereocenters. The Morgan fingerprint density at radius 3 is 2.60 bits per heavy atom. The summed E-state index contributed by atoms with van der Waals surface area (Å²) < 4.78 is 18.1. The van der Waals surface area contributed by atoms with Crippen molar-refractivity contribution in [3.8, 4) is 11.5 Å². The summed E-state index contributed by atoms with van der Waals surface area (Å²) in [4.78, 5) is 16.6. The lowest BCUT2D eigenvalue weighted by atomic mass is 9.51. The third kappa shape index (κ3) is 2.92. The zero-order chi connectivity index (χ0) is 24.5. The molecule has 2 N–H and O–H groups in total. The van der Waals surface area contributed by atoms with Gasteiger partial charge in [0.05, 0.1) is 13.2 Å². The molecule has 5 aliphatic rings. The molecule has 3 aliphatic carbocycles. The second-order valence-corrected chi connectivity index (χ2v) is 10.3. The zero-order valence-corrected chi connectivity index (χ0v) is 20.5. The van der Waals surface area contributed by atoms with Crippen LogP contribution in [0.5, 0.6) is 11.5 Å². The van der Waals surface area contributed by atoms with Crippen LogP contribution in [0.15, 0.2) is 53.3 Å². The number of ether oxygens (including phenoxy) is 3. The number of nitrogens with zero attached hydrogens (tertiary/aromatic N) is 1. The molecule has 0 aromatic heterocycles. The van der Waals surface area contributed by atoms with Gasteiger partial charge in [-0.2, -0.15) is 0 Å². The van der Waals surface area contributed by atoms with Crippen LogP contribution in [0.1, 0.15) is 43.5 Å². The molecule has 1 saturated carbocycles. The van der Waals surface area contributed by atoms with Crippen LogP contribution in [0.4, 0.5) is 0 Å². The van der Waals surface area contributed by atoms with Gasteiger partial charge in [-0.25, -0.2) is 0 Å². The van der Waals surface area contributed by atoms with Crippen LogP contribution in [0.3, 0.4) is 0 Å². The Labute approximate surface area is 205 Å². The van der Waals surface area contributed by atoms with Crippen LogP contribution in [-0.2, 0) is 4.74 Å². The molecule has 0 amide bonds. The van der Waals surface area contributed by atoms with Gasteiger partial charge in [-0.3, -0.25) is 4.79 Å². The first-order chi connectivity index (χ1) is 16.9. The van der Waals surface area contributed by atoms with E-state index in [9.17, 15) is 15.0 Å². The van der Waals surface area contributed by atoms with Gasteiger partial charge in [0, 0.05) is 29.4 Å². The molecule has 1 aromatic carbocycles. The molecule has 2 aliphatic heterocycles. The number of piperidine rings is 1. The second kappa shape index (κ2) is 7.95. The van der Waals surface area contributed by atoms with Crippen LogP contribution in [0.2, 0.25) is 0 Å². The van der Waals surface area contributed by atoms with Crippen LogP contribution >= 0.6 is 0 Å². The number of hydrogen-bond acceptors (Lipinski definition) is 7. The summed E-state index contributed by atoms with van der Waals surface area (Å²) in [6.07, 6.45) is 6.40. The van der Waals surface area contributed by atoms with E-state index in [2.05, 4.69) is 18.0 Å². The average molecular weight is 480 g/mol. The minimum atomic E-state index is -1.90. The van der Waals surface area contributed by atoms with E-state index in [1.807, 2.05) is 26.0 Å². The summed E-state index contributed by atoms with van der Waals surface area (Å²) in [5, 5.41) is 23.2. The van der Waals surface area contributed by atoms with E-state index < -0.39 is 29.0 Å². The highest BCUT2D eigenvalue weighted by Gasteiger charge is 2.68. The van der Waals surface area contributed by atoms with Gasteiger partial charge < -0.3 is 29.3 Å². The van der Waals surface area contributed by atoms with E-state index in [4.69, 9.17) is 14.2 Å². The number of ketones is 1. The lowest BCUT2D eigenvalue weighted by Crippen LogP contribution is -2.62. The Kier molecular flexibility index (Phi) is 5.18. The summed E-state index contributed by atoms with van der Waals surface area (Å²) >= 11 is 0. The fraction of sp³-hybridized carbons (Fsp3) is 0.536. The van der Waals surface area contributed by atoms with E-state index in [1.54, 1.807) is 18.2 Å². The van der Waals surface area contributed by atoms with Crippen molar-refractivity contribution in [2.75, 3.05) is 26.8 Å². The number of benzene rings is 1. The molecular weight excluding hydrogens is 446 g/mol. The minimum absolute atomic E-state index is 0.111. The molecule has 6 rings (SSSR count). The van der Waals surface area contributed by atoms with E-state index in [0.29, 0.717) is 36.5 Å². The Morgan fingerprint density at radius 2 is 1.91 bits per heavy atom. The molecular formula is C28H33NO6. The van der Waals surface area contributed by atoms with Crippen LogP contribution in [-0.4, -0.2) is 71.6 Å². The van der Waals surface area contributed by atoms with E-state index in [1.165, 1.54) is 0 Å². The number of aliphatic hydroxyl groups excluding tert-OH is 1. The molecule has 0 radical (unpaired) electrons. The monoisotopic (exact) mass is 479 g/mol. The summed E-state index contributed by atoms with van der Waals surface area (Å²) in [5.74, 6) is 0.745. The van der Waals surface area contributed by atoms with Crippen molar-refractivity contribution in [1.82, 2.24) is 4.90 Å². The molecule has 2 heterocycles. The first-order valence-corrected chi connectivity index (χ1v) is 12.7. The lowest BCUT2D eigenvalue weighted by Gasteiger charge is -2.58. The van der Waals surface area contributed by atoms with Crippen molar-refractivity contribution in [2.24, 2.45) is 11.3 Å². The molecule has 2 fully saturated rings. The number of carbonyl (C=O) groups excluding carboxylic acids is 1. The molecule has 1 saturated heterocycles. The van der Waals surface area contributed by atoms with Gasteiger partial charge in [0.25, 0.3) is 0 Å². The van der Waals surface area contributed by atoms with Crippen LogP contribution in [0, 0.1) is 11.3 Å². The molecule has 1 aromatic rings. The lowest BCUT2D eigenvalue weighted by molar-refractivity contribution is -0.0989. The molecule has 6 atom stereocenters. The van der Waals surface area contributed by atoms with Crippen LogP contribution < -0.4 is 9.47 Å². The summed E-state index contributed by atoms with van der Waals surface area (Å²) in [5.41, 5.74) is -0.0361. The van der Waals surface area contributed by atoms with Gasteiger partial charge in [0.1, 0.15) is 35.0 Å². The largest absolute Gasteiger partial charge is 0.493 e. The number of hydrogen-bond donors (Lipinski definition) is 2. The predicted octanol–water partition coefficient (Wildman–Crippen LogP) is 3.02. The maximum absolute atomic E-state index is 14.2. The average Bonchev–Trinajstić information content (AvgIpc) is 3.21. The Bertz CT molecular complexity index is 1150. The zero-order valence-electron chi connectivity index (χ0n) is 20.5. The molecule has 1 spiro atoms. The van der Waals surface area contributed by atoms with Gasteiger partial charge in [0.15, 0.2) is 5.60 Å². The second-order valence-electron chi connectivity index (χ2n) is 10.3. The predicted molar refractivity (Wildman–Crippen MR) is 129 cm³/mol. The first-order valence-electron chi connectivity index (χ1n) is 12.7. The smallest absolute Gasteiger partial charge is 0.209 e. The summed E-state index contributed by atoms with van der Waals surface area (Å²) in [6.45, 7) is 5.34.